The summed E-state index contributed by atoms with van der Waals surface area (Å²) in [5.41, 5.74) is 6.68. The van der Waals surface area contributed by atoms with E-state index in [1.807, 2.05) is 29.1 Å². The monoisotopic (exact) mass is 553 g/mol. The Morgan fingerprint density at radius 2 is 1.68 bits per heavy atom. The van der Waals surface area contributed by atoms with Crippen molar-refractivity contribution in [2.45, 2.75) is 50.3 Å². The van der Waals surface area contributed by atoms with E-state index >= 15 is 0 Å². The number of aliphatic hydroxyl groups is 2. The number of benzene rings is 2. The summed E-state index contributed by atoms with van der Waals surface area (Å²) in [4.78, 5) is 12.4. The third-order valence-corrected chi connectivity index (χ3v) is 7.51. The highest BCUT2D eigenvalue weighted by molar-refractivity contribution is 5.80. The van der Waals surface area contributed by atoms with Gasteiger partial charge in [0.05, 0.1) is 53.6 Å². The maximum atomic E-state index is 10.1. The largest absolute Gasteiger partial charge is 0.456 e. The molecule has 2 aliphatic rings. The van der Waals surface area contributed by atoms with Crippen LogP contribution in [-0.2, 0) is 15.9 Å². The SMILES string of the molecule is CC(C)(O)Cc1cnn(-c2ccc(-c3ccc(-c4cc5nc(O[C@@H]6CO[C@H]7[C@@H]6OC[C@H]7O)[nH]c5cn4)cc3)cc2)c1. The number of aliphatic hydroxyl groups excluding tert-OH is 1. The number of nitrogens with one attached hydrogen (secondary N) is 1. The second-order valence-corrected chi connectivity index (χ2v) is 11.4. The summed E-state index contributed by atoms with van der Waals surface area (Å²) in [6.07, 6.45) is 4.44. The van der Waals surface area contributed by atoms with E-state index < -0.39 is 11.7 Å². The van der Waals surface area contributed by atoms with Crippen molar-refractivity contribution < 1.29 is 24.4 Å². The van der Waals surface area contributed by atoms with Crippen molar-refractivity contribution in [2.75, 3.05) is 13.2 Å². The molecule has 2 aromatic carbocycles. The Morgan fingerprint density at radius 3 is 2.44 bits per heavy atom. The number of imidazole rings is 1. The molecule has 10 nitrogen and oxygen atoms in total. The van der Waals surface area contributed by atoms with Gasteiger partial charge in [-0.15, -0.1) is 0 Å². The smallest absolute Gasteiger partial charge is 0.295 e. The highest BCUT2D eigenvalue weighted by atomic mass is 16.6. The number of aromatic amines is 1. The van der Waals surface area contributed by atoms with Gasteiger partial charge in [0.2, 0.25) is 0 Å². The lowest BCUT2D eigenvalue weighted by Crippen LogP contribution is -2.34. The first kappa shape index (κ1) is 25.8. The zero-order chi connectivity index (χ0) is 28.1. The molecule has 0 aliphatic carbocycles. The molecule has 2 fully saturated rings. The van der Waals surface area contributed by atoms with Crippen LogP contribution in [0.4, 0.5) is 0 Å². The first-order chi connectivity index (χ1) is 19.8. The molecule has 0 radical (unpaired) electrons. The topological polar surface area (TPSA) is 128 Å². The van der Waals surface area contributed by atoms with Crippen LogP contribution in [0.1, 0.15) is 19.4 Å². The molecule has 210 valence electrons. The molecule has 41 heavy (non-hydrogen) atoms. The van der Waals surface area contributed by atoms with Crippen LogP contribution >= 0.6 is 0 Å². The zero-order valence-electron chi connectivity index (χ0n) is 22.8. The maximum absolute atomic E-state index is 10.1. The first-order valence-corrected chi connectivity index (χ1v) is 13.7. The van der Waals surface area contributed by atoms with Gasteiger partial charge in [0, 0.05) is 18.2 Å². The van der Waals surface area contributed by atoms with Crippen LogP contribution in [0, 0.1) is 0 Å². The third-order valence-electron chi connectivity index (χ3n) is 7.51. The minimum Gasteiger partial charge on any atom is -0.456 e. The Morgan fingerprint density at radius 1 is 0.976 bits per heavy atom. The Bertz CT molecular complexity index is 1670. The van der Waals surface area contributed by atoms with Crippen molar-refractivity contribution in [1.29, 1.82) is 0 Å². The molecule has 5 heterocycles. The lowest BCUT2D eigenvalue weighted by atomic mass is 10.0. The number of fused-ring (bicyclic) bond motifs is 2. The predicted molar refractivity (Wildman–Crippen MR) is 152 cm³/mol. The molecule has 0 spiro atoms. The molecular weight excluding hydrogens is 522 g/mol. The van der Waals surface area contributed by atoms with Gasteiger partial charge in [-0.25, -0.2) is 4.68 Å². The highest BCUT2D eigenvalue weighted by Crippen LogP contribution is 2.31. The number of rotatable bonds is 7. The number of nitrogens with zero attached hydrogens (tertiary/aromatic N) is 4. The van der Waals surface area contributed by atoms with E-state index in [2.05, 4.69) is 56.4 Å². The van der Waals surface area contributed by atoms with Crippen molar-refractivity contribution in [2.24, 2.45) is 0 Å². The lowest BCUT2D eigenvalue weighted by molar-refractivity contribution is 0.00706. The van der Waals surface area contributed by atoms with E-state index in [4.69, 9.17) is 14.2 Å². The van der Waals surface area contributed by atoms with Gasteiger partial charge < -0.3 is 29.4 Å². The van der Waals surface area contributed by atoms with Gasteiger partial charge >= 0.3 is 0 Å². The zero-order valence-corrected chi connectivity index (χ0v) is 22.8. The van der Waals surface area contributed by atoms with E-state index in [1.54, 1.807) is 26.2 Å². The number of hydrogen-bond acceptors (Lipinski definition) is 8. The summed E-state index contributed by atoms with van der Waals surface area (Å²) < 4.78 is 19.1. The molecule has 0 saturated carbocycles. The van der Waals surface area contributed by atoms with Gasteiger partial charge in [0.1, 0.15) is 18.3 Å². The fraction of sp³-hybridized carbons (Fsp3) is 0.323. The van der Waals surface area contributed by atoms with Crippen LogP contribution in [-0.4, -0.2) is 78.2 Å². The number of aromatic nitrogens is 5. The Hall–Kier alpha value is -4.09. The maximum Gasteiger partial charge on any atom is 0.295 e. The van der Waals surface area contributed by atoms with Crippen molar-refractivity contribution in [1.82, 2.24) is 24.7 Å². The number of H-pyrrole nitrogens is 1. The van der Waals surface area contributed by atoms with Crippen LogP contribution in [0.2, 0.25) is 0 Å². The van der Waals surface area contributed by atoms with Crippen molar-refractivity contribution in [3.63, 3.8) is 0 Å². The molecule has 7 rings (SSSR count). The molecular formula is C31H31N5O5. The molecule has 10 heteroatoms. The van der Waals surface area contributed by atoms with Crippen molar-refractivity contribution in [3.05, 3.63) is 78.8 Å². The van der Waals surface area contributed by atoms with E-state index in [1.165, 1.54) is 0 Å². The predicted octanol–water partition coefficient (Wildman–Crippen LogP) is 3.70. The normalized spacial score (nSPS) is 22.3. The van der Waals surface area contributed by atoms with Gasteiger partial charge in [0.15, 0.2) is 6.10 Å². The summed E-state index contributed by atoms with van der Waals surface area (Å²) in [5.74, 6) is 0. The van der Waals surface area contributed by atoms with Gasteiger partial charge in [-0.05, 0) is 48.7 Å². The number of ether oxygens (including phenoxy) is 3. The van der Waals surface area contributed by atoms with E-state index in [0.29, 0.717) is 19.0 Å². The summed E-state index contributed by atoms with van der Waals surface area (Å²) >= 11 is 0. The second kappa shape index (κ2) is 10.1. The molecule has 0 amide bonds. The molecule has 2 aliphatic heterocycles. The van der Waals surface area contributed by atoms with Gasteiger partial charge in [-0.1, -0.05) is 36.4 Å². The van der Waals surface area contributed by atoms with Crippen LogP contribution in [0.5, 0.6) is 6.01 Å². The van der Waals surface area contributed by atoms with Gasteiger partial charge in [-0.2, -0.15) is 10.1 Å². The van der Waals surface area contributed by atoms with E-state index in [-0.39, 0.29) is 24.9 Å². The standard InChI is InChI=1S/C31H31N5O5/c1-31(2,38)12-18-13-33-36(15-18)22-9-7-20(8-10-22)19-3-5-21(6-4-19)23-11-24-25(14-32-23)35-30(34-24)41-27-17-40-28-26(37)16-39-29(27)28/h3-11,13-15,26-29,37-38H,12,16-17H2,1-2H3,(H,34,35)/t26-,27-,28-,29-/m1/s1. The molecule has 4 atom stereocenters. The first-order valence-electron chi connectivity index (χ1n) is 13.7. The van der Waals surface area contributed by atoms with Gasteiger partial charge in [0.25, 0.3) is 6.01 Å². The number of pyridine rings is 1. The van der Waals surface area contributed by atoms with E-state index in [0.717, 1.165) is 44.7 Å². The highest BCUT2D eigenvalue weighted by Gasteiger charge is 2.48. The van der Waals surface area contributed by atoms with Crippen LogP contribution in [0.15, 0.2) is 73.2 Å². The lowest BCUT2D eigenvalue weighted by Gasteiger charge is -2.15. The fourth-order valence-electron chi connectivity index (χ4n) is 5.52. The van der Waals surface area contributed by atoms with Crippen molar-refractivity contribution >= 4 is 11.0 Å². The summed E-state index contributed by atoms with van der Waals surface area (Å²) in [7, 11) is 0. The summed E-state index contributed by atoms with van der Waals surface area (Å²) in [6.45, 7) is 4.18. The molecule has 5 aromatic rings. The quantitative estimate of drug-likeness (QED) is 0.279. The van der Waals surface area contributed by atoms with Crippen LogP contribution in [0.3, 0.4) is 0 Å². The van der Waals surface area contributed by atoms with Crippen molar-refractivity contribution in [3.8, 4) is 34.1 Å². The fourth-order valence-corrected chi connectivity index (χ4v) is 5.52. The Labute approximate surface area is 236 Å². The molecule has 0 unspecified atom stereocenters. The summed E-state index contributed by atoms with van der Waals surface area (Å²) in [5, 5.41) is 24.5. The molecule has 3 aromatic heterocycles. The van der Waals surface area contributed by atoms with Crippen LogP contribution in [0.25, 0.3) is 39.1 Å². The average molecular weight is 554 g/mol. The average Bonchev–Trinajstić information content (AvgIpc) is 3.74. The summed E-state index contributed by atoms with van der Waals surface area (Å²) in [6, 6.07) is 18.8. The Kier molecular flexibility index (Phi) is 6.35. The number of hydrogen-bond donors (Lipinski definition) is 3. The molecule has 2 saturated heterocycles. The molecule has 3 N–H and O–H groups in total. The van der Waals surface area contributed by atoms with Crippen LogP contribution < -0.4 is 4.74 Å². The molecule has 0 bridgehead atoms. The minimum atomic E-state index is -0.771. The third kappa shape index (κ3) is 5.22. The Balaban J connectivity index is 1.04. The second-order valence-electron chi connectivity index (χ2n) is 11.4. The van der Waals surface area contributed by atoms with Gasteiger partial charge in [-0.3, -0.25) is 4.98 Å². The van der Waals surface area contributed by atoms with E-state index in [9.17, 15) is 10.2 Å². The minimum absolute atomic E-state index is 0.254.